The fraction of sp³-hybridized carbons (Fsp3) is 0.500. The number of aromatic nitrogens is 2. The van der Waals surface area contributed by atoms with Crippen molar-refractivity contribution in [2.75, 3.05) is 6.54 Å². The third-order valence-corrected chi connectivity index (χ3v) is 3.97. The van der Waals surface area contributed by atoms with Gasteiger partial charge < -0.3 is 10.7 Å². The van der Waals surface area contributed by atoms with Crippen molar-refractivity contribution in [1.29, 1.82) is 0 Å². The highest BCUT2D eigenvalue weighted by atomic mass is 14.9. The molecule has 1 aromatic heterocycles. The Morgan fingerprint density at radius 1 is 1.18 bits per heavy atom. The van der Waals surface area contributed by atoms with Crippen LogP contribution in [-0.4, -0.2) is 16.5 Å². The normalized spacial score (nSPS) is 25.2. The van der Waals surface area contributed by atoms with Gasteiger partial charge in [0.25, 0.3) is 0 Å². The smallest absolute Gasteiger partial charge is 0.110 e. The van der Waals surface area contributed by atoms with Gasteiger partial charge in [-0.05, 0) is 50.3 Å². The molecule has 1 aliphatic carbocycles. The molecule has 1 aliphatic rings. The molecule has 1 fully saturated rings. The minimum absolute atomic E-state index is 0.602. The molecule has 3 N–H and O–H groups in total. The lowest BCUT2D eigenvalue weighted by molar-refractivity contribution is 0.326. The Hall–Kier alpha value is -1.35. The van der Waals surface area contributed by atoms with Crippen LogP contribution in [0, 0.1) is 5.92 Å². The van der Waals surface area contributed by atoms with Crippen LogP contribution in [0.3, 0.4) is 0 Å². The first kappa shape index (κ1) is 10.8. The molecule has 0 unspecified atom stereocenters. The zero-order valence-corrected chi connectivity index (χ0v) is 10.0. The van der Waals surface area contributed by atoms with E-state index in [0.717, 1.165) is 23.5 Å². The van der Waals surface area contributed by atoms with Crippen molar-refractivity contribution in [1.82, 2.24) is 9.97 Å². The number of aromatic amines is 1. The first-order chi connectivity index (χ1) is 8.36. The number of para-hydroxylation sites is 2. The molecule has 1 saturated carbocycles. The molecular formula is C14H19N3. The number of nitrogens with one attached hydrogen (secondary N) is 1. The van der Waals surface area contributed by atoms with Gasteiger partial charge in [-0.2, -0.15) is 0 Å². The maximum Gasteiger partial charge on any atom is 0.110 e. The van der Waals surface area contributed by atoms with Crippen molar-refractivity contribution in [3.8, 4) is 0 Å². The van der Waals surface area contributed by atoms with Crippen LogP contribution in [-0.2, 0) is 0 Å². The quantitative estimate of drug-likeness (QED) is 0.832. The van der Waals surface area contributed by atoms with Crippen molar-refractivity contribution in [2.45, 2.75) is 31.6 Å². The maximum absolute atomic E-state index is 5.73. The molecule has 0 amide bonds. The van der Waals surface area contributed by atoms with E-state index in [-0.39, 0.29) is 0 Å². The minimum Gasteiger partial charge on any atom is -0.342 e. The Kier molecular flexibility index (Phi) is 2.85. The number of H-pyrrole nitrogens is 1. The summed E-state index contributed by atoms with van der Waals surface area (Å²) >= 11 is 0. The van der Waals surface area contributed by atoms with Gasteiger partial charge in [0.2, 0.25) is 0 Å². The number of hydrogen-bond acceptors (Lipinski definition) is 2. The molecule has 0 spiro atoms. The monoisotopic (exact) mass is 229 g/mol. The summed E-state index contributed by atoms with van der Waals surface area (Å²) in [5.74, 6) is 2.50. The summed E-state index contributed by atoms with van der Waals surface area (Å²) in [5, 5.41) is 0. The molecule has 0 bridgehead atoms. The van der Waals surface area contributed by atoms with Gasteiger partial charge in [-0.3, -0.25) is 0 Å². The van der Waals surface area contributed by atoms with E-state index in [4.69, 9.17) is 10.7 Å². The lowest BCUT2D eigenvalue weighted by Gasteiger charge is -2.26. The number of imidazole rings is 1. The summed E-state index contributed by atoms with van der Waals surface area (Å²) in [7, 11) is 0. The molecule has 0 aliphatic heterocycles. The van der Waals surface area contributed by atoms with E-state index in [2.05, 4.69) is 23.2 Å². The average molecular weight is 229 g/mol. The molecule has 3 heteroatoms. The number of hydrogen-bond donors (Lipinski definition) is 2. The van der Waals surface area contributed by atoms with Crippen molar-refractivity contribution in [3.05, 3.63) is 30.1 Å². The summed E-state index contributed by atoms with van der Waals surface area (Å²) < 4.78 is 0. The average Bonchev–Trinajstić information content (AvgIpc) is 2.82. The molecule has 3 nitrogen and oxygen atoms in total. The molecule has 17 heavy (non-hydrogen) atoms. The van der Waals surface area contributed by atoms with Crippen LogP contribution >= 0.6 is 0 Å². The Balaban J connectivity index is 1.80. The Morgan fingerprint density at radius 3 is 2.65 bits per heavy atom. The Morgan fingerprint density at radius 2 is 1.94 bits per heavy atom. The number of nitrogens with two attached hydrogens (primary N) is 1. The van der Waals surface area contributed by atoms with Crippen LogP contribution < -0.4 is 5.73 Å². The number of rotatable bonds is 2. The van der Waals surface area contributed by atoms with E-state index >= 15 is 0 Å². The van der Waals surface area contributed by atoms with Crippen LogP contribution in [0.15, 0.2) is 24.3 Å². The van der Waals surface area contributed by atoms with Gasteiger partial charge in [-0.25, -0.2) is 4.98 Å². The predicted molar refractivity (Wildman–Crippen MR) is 69.8 cm³/mol. The molecule has 90 valence electrons. The highest BCUT2D eigenvalue weighted by Crippen LogP contribution is 2.34. The van der Waals surface area contributed by atoms with E-state index in [1.807, 2.05) is 6.07 Å². The van der Waals surface area contributed by atoms with Crippen molar-refractivity contribution >= 4 is 11.0 Å². The van der Waals surface area contributed by atoms with Crippen LogP contribution in [0.5, 0.6) is 0 Å². The zero-order chi connectivity index (χ0) is 11.7. The summed E-state index contributed by atoms with van der Waals surface area (Å²) in [6.07, 6.45) is 4.94. The molecule has 0 radical (unpaired) electrons. The fourth-order valence-electron chi connectivity index (χ4n) is 2.84. The molecule has 3 rings (SSSR count). The Bertz CT molecular complexity index is 462. The van der Waals surface area contributed by atoms with Gasteiger partial charge in [0.15, 0.2) is 0 Å². The zero-order valence-electron chi connectivity index (χ0n) is 10.0. The molecule has 1 heterocycles. The molecule has 2 aromatic rings. The largest absolute Gasteiger partial charge is 0.342 e. The second-order valence-corrected chi connectivity index (χ2v) is 5.09. The van der Waals surface area contributed by atoms with Gasteiger partial charge in [-0.1, -0.05) is 12.1 Å². The number of nitrogens with zero attached hydrogens (tertiary/aromatic N) is 1. The van der Waals surface area contributed by atoms with Crippen molar-refractivity contribution in [3.63, 3.8) is 0 Å². The third kappa shape index (κ3) is 2.07. The maximum atomic E-state index is 5.73. The van der Waals surface area contributed by atoms with Gasteiger partial charge >= 0.3 is 0 Å². The highest BCUT2D eigenvalue weighted by Gasteiger charge is 2.23. The summed E-state index contributed by atoms with van der Waals surface area (Å²) in [6, 6.07) is 8.26. The lowest BCUT2D eigenvalue weighted by Crippen LogP contribution is -2.21. The molecule has 0 atom stereocenters. The first-order valence-corrected chi connectivity index (χ1v) is 6.51. The highest BCUT2D eigenvalue weighted by molar-refractivity contribution is 5.74. The summed E-state index contributed by atoms with van der Waals surface area (Å²) in [4.78, 5) is 8.16. The second-order valence-electron chi connectivity index (χ2n) is 5.09. The minimum atomic E-state index is 0.602. The van der Waals surface area contributed by atoms with Gasteiger partial charge in [0.05, 0.1) is 11.0 Å². The molecule has 1 aromatic carbocycles. The number of benzene rings is 1. The molecule has 0 saturated heterocycles. The van der Waals surface area contributed by atoms with Crippen molar-refractivity contribution in [2.24, 2.45) is 11.7 Å². The van der Waals surface area contributed by atoms with E-state index in [1.54, 1.807) is 0 Å². The van der Waals surface area contributed by atoms with Crippen LogP contribution in [0.1, 0.15) is 37.4 Å². The molecular weight excluding hydrogens is 210 g/mol. The van der Waals surface area contributed by atoms with E-state index in [1.165, 1.54) is 31.5 Å². The van der Waals surface area contributed by atoms with E-state index in [0.29, 0.717) is 5.92 Å². The number of fused-ring (bicyclic) bond motifs is 1. The van der Waals surface area contributed by atoms with Crippen LogP contribution in [0.25, 0.3) is 11.0 Å². The predicted octanol–water partition coefficient (Wildman–Crippen LogP) is 2.80. The van der Waals surface area contributed by atoms with E-state index in [9.17, 15) is 0 Å². The van der Waals surface area contributed by atoms with E-state index < -0.39 is 0 Å². The summed E-state index contributed by atoms with van der Waals surface area (Å²) in [6.45, 7) is 0.840. The van der Waals surface area contributed by atoms with Gasteiger partial charge in [0, 0.05) is 5.92 Å². The second kappa shape index (κ2) is 4.49. The summed E-state index contributed by atoms with van der Waals surface area (Å²) in [5.41, 5.74) is 7.97. The van der Waals surface area contributed by atoms with Crippen LogP contribution in [0.4, 0.5) is 0 Å². The van der Waals surface area contributed by atoms with Gasteiger partial charge in [0.1, 0.15) is 5.82 Å². The topological polar surface area (TPSA) is 54.7 Å². The van der Waals surface area contributed by atoms with Crippen LogP contribution in [0.2, 0.25) is 0 Å². The third-order valence-electron chi connectivity index (χ3n) is 3.97. The standard InChI is InChI=1S/C14H19N3/c15-9-10-5-7-11(8-6-10)14-16-12-3-1-2-4-13(12)17-14/h1-4,10-11H,5-9,15H2,(H,16,17). The fourth-order valence-corrected chi connectivity index (χ4v) is 2.84. The van der Waals surface area contributed by atoms with Crippen molar-refractivity contribution < 1.29 is 0 Å². The Labute approximate surface area is 101 Å². The SMILES string of the molecule is NCC1CCC(c2nc3ccccc3[nH]2)CC1. The van der Waals surface area contributed by atoms with Gasteiger partial charge in [-0.15, -0.1) is 0 Å². The lowest BCUT2D eigenvalue weighted by atomic mass is 9.82. The first-order valence-electron chi connectivity index (χ1n) is 6.51.